The van der Waals surface area contributed by atoms with E-state index in [1.54, 1.807) is 10.7 Å². The molecule has 0 bridgehead atoms. The van der Waals surface area contributed by atoms with Crippen LogP contribution in [0.3, 0.4) is 0 Å². The lowest BCUT2D eigenvalue weighted by atomic mass is 10.0. The molecule has 0 aliphatic carbocycles. The molecular formula is C14H18BrFN4. The first-order valence-electron chi connectivity index (χ1n) is 6.64. The van der Waals surface area contributed by atoms with Gasteiger partial charge in [0.25, 0.3) is 0 Å². The van der Waals surface area contributed by atoms with Gasteiger partial charge in [0, 0.05) is 31.3 Å². The van der Waals surface area contributed by atoms with Crippen LogP contribution in [0.1, 0.15) is 30.6 Å². The van der Waals surface area contributed by atoms with Crippen LogP contribution in [0.5, 0.6) is 0 Å². The Labute approximate surface area is 126 Å². The number of nitrogens with one attached hydrogen (secondary N) is 1. The Morgan fingerprint density at radius 1 is 1.45 bits per heavy atom. The zero-order valence-electron chi connectivity index (χ0n) is 11.6. The summed E-state index contributed by atoms with van der Waals surface area (Å²) in [6.45, 7) is 2.92. The molecule has 1 aromatic heterocycles. The Kier molecular flexibility index (Phi) is 5.25. The first-order valence-corrected chi connectivity index (χ1v) is 7.43. The Bertz CT molecular complexity index is 570. The number of aromatic nitrogens is 3. The van der Waals surface area contributed by atoms with Gasteiger partial charge in [-0.2, -0.15) is 0 Å². The van der Waals surface area contributed by atoms with E-state index in [1.165, 1.54) is 0 Å². The Balaban J connectivity index is 2.24. The highest BCUT2D eigenvalue weighted by atomic mass is 79.9. The molecule has 0 radical (unpaired) electrons. The van der Waals surface area contributed by atoms with Crippen LogP contribution in [0.25, 0.3) is 0 Å². The van der Waals surface area contributed by atoms with Crippen molar-refractivity contribution in [1.29, 1.82) is 0 Å². The lowest BCUT2D eigenvalue weighted by Gasteiger charge is -2.19. The zero-order valence-corrected chi connectivity index (χ0v) is 13.2. The van der Waals surface area contributed by atoms with Gasteiger partial charge in [-0.15, -0.1) is 5.10 Å². The minimum atomic E-state index is -0.218. The van der Waals surface area contributed by atoms with Gasteiger partial charge in [-0.3, -0.25) is 4.68 Å². The van der Waals surface area contributed by atoms with Crippen molar-refractivity contribution in [1.82, 2.24) is 20.3 Å². The van der Waals surface area contributed by atoms with E-state index in [1.807, 2.05) is 25.4 Å². The summed E-state index contributed by atoms with van der Waals surface area (Å²) in [5.74, 6) is -0.218. The van der Waals surface area contributed by atoms with Crippen LogP contribution in [0.4, 0.5) is 4.39 Å². The van der Waals surface area contributed by atoms with Gasteiger partial charge in [-0.25, -0.2) is 4.39 Å². The van der Waals surface area contributed by atoms with Crippen LogP contribution in [0.15, 0.2) is 28.9 Å². The zero-order chi connectivity index (χ0) is 14.5. The number of rotatable bonds is 6. The molecule has 0 aliphatic heterocycles. The highest BCUT2D eigenvalue weighted by Gasteiger charge is 2.18. The van der Waals surface area contributed by atoms with Crippen LogP contribution in [0, 0.1) is 5.82 Å². The summed E-state index contributed by atoms with van der Waals surface area (Å²) in [4.78, 5) is 0. The Morgan fingerprint density at radius 2 is 2.25 bits per heavy atom. The predicted octanol–water partition coefficient (Wildman–Crippen LogP) is 3.00. The standard InChI is InChI=1S/C14H18BrFN4/c1-3-7-17-13(8-10-9-20(2)19-18-10)11-5-4-6-12(15)14(11)16/h4-6,9,13,17H,3,7-8H2,1-2H3. The van der Waals surface area contributed by atoms with Gasteiger partial charge in [0.2, 0.25) is 0 Å². The molecule has 0 saturated carbocycles. The van der Waals surface area contributed by atoms with E-state index < -0.39 is 0 Å². The van der Waals surface area contributed by atoms with Crippen molar-refractivity contribution in [3.05, 3.63) is 45.9 Å². The van der Waals surface area contributed by atoms with Gasteiger partial charge in [0.15, 0.2) is 0 Å². The lowest BCUT2D eigenvalue weighted by molar-refractivity contribution is 0.491. The van der Waals surface area contributed by atoms with E-state index in [4.69, 9.17) is 0 Å². The fourth-order valence-electron chi connectivity index (χ4n) is 2.10. The maximum absolute atomic E-state index is 14.3. The third-order valence-electron chi connectivity index (χ3n) is 3.06. The van der Waals surface area contributed by atoms with Crippen LogP contribution in [0.2, 0.25) is 0 Å². The lowest BCUT2D eigenvalue weighted by Crippen LogP contribution is -2.25. The summed E-state index contributed by atoms with van der Waals surface area (Å²) in [5.41, 5.74) is 1.50. The monoisotopic (exact) mass is 340 g/mol. The molecule has 0 saturated heterocycles. The molecule has 0 aliphatic rings. The van der Waals surface area contributed by atoms with Crippen molar-refractivity contribution in [2.45, 2.75) is 25.8 Å². The molecule has 1 N–H and O–H groups in total. The van der Waals surface area contributed by atoms with Gasteiger partial charge in [-0.05, 0) is 35.0 Å². The van der Waals surface area contributed by atoms with Crippen molar-refractivity contribution < 1.29 is 4.39 Å². The molecule has 20 heavy (non-hydrogen) atoms. The van der Waals surface area contributed by atoms with E-state index in [0.29, 0.717) is 16.5 Å². The molecule has 1 heterocycles. The molecule has 2 rings (SSSR count). The van der Waals surface area contributed by atoms with Crippen molar-refractivity contribution in [3.63, 3.8) is 0 Å². The topological polar surface area (TPSA) is 42.7 Å². The van der Waals surface area contributed by atoms with Crippen LogP contribution in [-0.2, 0) is 13.5 Å². The van der Waals surface area contributed by atoms with Crippen molar-refractivity contribution in [2.75, 3.05) is 6.54 Å². The minimum Gasteiger partial charge on any atom is -0.310 e. The summed E-state index contributed by atoms with van der Waals surface area (Å²) in [6.07, 6.45) is 3.46. The summed E-state index contributed by atoms with van der Waals surface area (Å²) in [6, 6.07) is 5.26. The second kappa shape index (κ2) is 6.95. The minimum absolute atomic E-state index is 0.107. The smallest absolute Gasteiger partial charge is 0.142 e. The summed E-state index contributed by atoms with van der Waals surface area (Å²) in [5, 5.41) is 11.4. The molecule has 0 spiro atoms. The van der Waals surface area contributed by atoms with Gasteiger partial charge in [0.05, 0.1) is 10.2 Å². The number of benzene rings is 1. The SMILES string of the molecule is CCCNC(Cc1cn(C)nn1)c1cccc(Br)c1F. The van der Waals surface area contributed by atoms with Crippen molar-refractivity contribution >= 4 is 15.9 Å². The average Bonchev–Trinajstić information content (AvgIpc) is 2.83. The normalized spacial score (nSPS) is 12.6. The maximum Gasteiger partial charge on any atom is 0.142 e. The van der Waals surface area contributed by atoms with E-state index in [2.05, 4.69) is 38.5 Å². The van der Waals surface area contributed by atoms with Crippen LogP contribution in [-0.4, -0.2) is 21.5 Å². The van der Waals surface area contributed by atoms with E-state index in [0.717, 1.165) is 18.7 Å². The van der Waals surface area contributed by atoms with Gasteiger partial charge in [-0.1, -0.05) is 24.3 Å². The number of aryl methyl sites for hydroxylation is 1. The van der Waals surface area contributed by atoms with Gasteiger partial charge in [0.1, 0.15) is 5.82 Å². The second-order valence-corrected chi connectivity index (χ2v) is 5.59. The third-order valence-corrected chi connectivity index (χ3v) is 3.67. The van der Waals surface area contributed by atoms with Crippen LogP contribution < -0.4 is 5.32 Å². The fraction of sp³-hybridized carbons (Fsp3) is 0.429. The molecule has 1 unspecified atom stereocenters. The molecule has 2 aromatic rings. The first kappa shape index (κ1) is 15.1. The molecule has 4 nitrogen and oxygen atoms in total. The highest BCUT2D eigenvalue weighted by molar-refractivity contribution is 9.10. The number of nitrogens with zero attached hydrogens (tertiary/aromatic N) is 3. The Hall–Kier alpha value is -1.27. The summed E-state index contributed by atoms with van der Waals surface area (Å²) < 4.78 is 16.4. The van der Waals surface area contributed by atoms with Crippen molar-refractivity contribution in [3.8, 4) is 0 Å². The van der Waals surface area contributed by atoms with Crippen LogP contribution >= 0.6 is 15.9 Å². The molecule has 1 atom stereocenters. The summed E-state index contributed by atoms with van der Waals surface area (Å²) >= 11 is 3.24. The highest BCUT2D eigenvalue weighted by Crippen LogP contribution is 2.25. The molecule has 0 amide bonds. The van der Waals surface area contributed by atoms with E-state index >= 15 is 0 Å². The quantitative estimate of drug-likeness (QED) is 0.878. The first-order chi connectivity index (χ1) is 9.61. The number of hydrogen-bond donors (Lipinski definition) is 1. The average molecular weight is 341 g/mol. The number of hydrogen-bond acceptors (Lipinski definition) is 3. The molecule has 0 fully saturated rings. The molecular weight excluding hydrogens is 323 g/mol. The second-order valence-electron chi connectivity index (χ2n) is 4.74. The molecule has 108 valence electrons. The Morgan fingerprint density at radius 3 is 2.90 bits per heavy atom. The molecule has 1 aromatic carbocycles. The maximum atomic E-state index is 14.3. The van der Waals surface area contributed by atoms with Crippen molar-refractivity contribution in [2.24, 2.45) is 7.05 Å². The third kappa shape index (κ3) is 3.64. The fourth-order valence-corrected chi connectivity index (χ4v) is 2.48. The molecule has 6 heteroatoms. The summed E-state index contributed by atoms with van der Waals surface area (Å²) in [7, 11) is 1.82. The van der Waals surface area contributed by atoms with Gasteiger partial charge < -0.3 is 5.32 Å². The largest absolute Gasteiger partial charge is 0.310 e. The van der Waals surface area contributed by atoms with E-state index in [-0.39, 0.29) is 11.9 Å². The van der Waals surface area contributed by atoms with E-state index in [9.17, 15) is 4.39 Å². The number of halogens is 2. The van der Waals surface area contributed by atoms with Gasteiger partial charge >= 0.3 is 0 Å². The predicted molar refractivity (Wildman–Crippen MR) is 79.8 cm³/mol.